The smallest absolute Gasteiger partial charge is 0.243 e. The maximum absolute atomic E-state index is 12.8. The van der Waals surface area contributed by atoms with Gasteiger partial charge in [-0.15, -0.1) is 11.3 Å². The highest BCUT2D eigenvalue weighted by Crippen LogP contribution is 2.27. The van der Waals surface area contributed by atoms with E-state index in [1.54, 1.807) is 22.8 Å². The van der Waals surface area contributed by atoms with Crippen molar-refractivity contribution in [2.45, 2.75) is 25.9 Å². The number of aromatic amines is 1. The summed E-state index contributed by atoms with van der Waals surface area (Å²) in [6.45, 7) is 3.71. The lowest BCUT2D eigenvalue weighted by Gasteiger charge is -2.20. The number of aromatic nitrogens is 3. The van der Waals surface area contributed by atoms with Gasteiger partial charge in [-0.25, -0.2) is 0 Å². The van der Waals surface area contributed by atoms with Crippen LogP contribution in [0, 0.1) is 4.77 Å². The first-order chi connectivity index (χ1) is 12.0. The van der Waals surface area contributed by atoms with Crippen LogP contribution in [-0.2, 0) is 4.79 Å². The molecule has 1 amide bonds. The van der Waals surface area contributed by atoms with E-state index in [4.69, 9.17) is 23.8 Å². The second-order valence-corrected chi connectivity index (χ2v) is 7.37. The third-order valence-electron chi connectivity index (χ3n) is 3.94. The van der Waals surface area contributed by atoms with Crippen molar-refractivity contribution in [2.24, 2.45) is 0 Å². The molecule has 3 rings (SSSR count). The Morgan fingerprint density at radius 2 is 2.08 bits per heavy atom. The Morgan fingerprint density at radius 3 is 2.76 bits per heavy atom. The minimum Gasteiger partial charge on any atom is -0.348 e. The van der Waals surface area contributed by atoms with E-state index >= 15 is 0 Å². The zero-order valence-corrected chi connectivity index (χ0v) is 16.1. The standard InChI is InChI=1S/C17H17ClN4OS2/c1-10(12-6-3-4-7-13(12)18)19-16(23)11(2)22-15(20-21-17(22)24)14-8-5-9-25-14/h3-11H,1-2H3,(H,19,23)(H,21,24)/t10-,11-/m0/s1. The maximum Gasteiger partial charge on any atom is 0.243 e. The Kier molecular flexibility index (Phi) is 5.36. The van der Waals surface area contributed by atoms with Crippen molar-refractivity contribution in [1.29, 1.82) is 0 Å². The summed E-state index contributed by atoms with van der Waals surface area (Å²) in [5, 5.41) is 12.6. The molecular weight excluding hydrogens is 376 g/mol. The molecule has 0 aliphatic rings. The lowest BCUT2D eigenvalue weighted by atomic mass is 10.1. The van der Waals surface area contributed by atoms with Crippen LogP contribution in [0.3, 0.4) is 0 Å². The number of halogens is 1. The quantitative estimate of drug-likeness (QED) is 0.615. The maximum atomic E-state index is 12.8. The Bertz CT molecular complexity index is 932. The number of hydrogen-bond donors (Lipinski definition) is 2. The topological polar surface area (TPSA) is 62.7 Å². The van der Waals surface area contributed by atoms with Crippen LogP contribution in [-0.4, -0.2) is 20.7 Å². The fourth-order valence-electron chi connectivity index (χ4n) is 2.60. The molecule has 0 bridgehead atoms. The van der Waals surface area contributed by atoms with Crippen LogP contribution in [0.15, 0.2) is 41.8 Å². The number of thiophene rings is 1. The summed E-state index contributed by atoms with van der Waals surface area (Å²) >= 11 is 13.1. The summed E-state index contributed by atoms with van der Waals surface area (Å²) < 4.78 is 2.15. The molecule has 1 aromatic carbocycles. The van der Waals surface area contributed by atoms with Crippen LogP contribution in [0.5, 0.6) is 0 Å². The molecule has 0 saturated heterocycles. The van der Waals surface area contributed by atoms with Crippen molar-refractivity contribution in [2.75, 3.05) is 0 Å². The minimum absolute atomic E-state index is 0.150. The second kappa shape index (κ2) is 7.51. The van der Waals surface area contributed by atoms with E-state index in [1.165, 1.54) is 0 Å². The van der Waals surface area contributed by atoms with Gasteiger partial charge in [0.05, 0.1) is 10.9 Å². The molecule has 0 unspecified atom stereocenters. The first-order valence-electron chi connectivity index (χ1n) is 7.74. The normalized spacial score (nSPS) is 13.4. The molecule has 0 fully saturated rings. The SMILES string of the molecule is C[C@H](NC(=O)[C@H](C)n1c(-c2cccs2)n[nH]c1=S)c1ccccc1Cl. The van der Waals surface area contributed by atoms with Gasteiger partial charge in [-0.1, -0.05) is 35.9 Å². The van der Waals surface area contributed by atoms with E-state index < -0.39 is 6.04 Å². The van der Waals surface area contributed by atoms with Crippen LogP contribution in [0.25, 0.3) is 10.7 Å². The van der Waals surface area contributed by atoms with E-state index in [-0.39, 0.29) is 11.9 Å². The monoisotopic (exact) mass is 392 g/mol. The Hall–Kier alpha value is -1.96. The average molecular weight is 393 g/mol. The van der Waals surface area contributed by atoms with Crippen LogP contribution < -0.4 is 5.32 Å². The van der Waals surface area contributed by atoms with Crippen molar-refractivity contribution in [1.82, 2.24) is 20.1 Å². The summed E-state index contributed by atoms with van der Waals surface area (Å²) in [4.78, 5) is 13.7. The molecule has 0 aliphatic heterocycles. The van der Waals surface area contributed by atoms with Gasteiger partial charge < -0.3 is 5.32 Å². The number of nitrogens with zero attached hydrogens (tertiary/aromatic N) is 2. The number of amides is 1. The van der Waals surface area contributed by atoms with Crippen LogP contribution >= 0.6 is 35.2 Å². The van der Waals surface area contributed by atoms with Gasteiger partial charge in [-0.2, -0.15) is 5.10 Å². The van der Waals surface area contributed by atoms with E-state index in [0.29, 0.717) is 15.6 Å². The largest absolute Gasteiger partial charge is 0.348 e. The van der Waals surface area contributed by atoms with E-state index in [2.05, 4.69) is 15.5 Å². The highest BCUT2D eigenvalue weighted by Gasteiger charge is 2.23. The van der Waals surface area contributed by atoms with Crippen LogP contribution in [0.1, 0.15) is 31.5 Å². The highest BCUT2D eigenvalue weighted by atomic mass is 35.5. The number of carbonyl (C=O) groups is 1. The summed E-state index contributed by atoms with van der Waals surface area (Å²) in [5.74, 6) is 0.510. The molecule has 2 aromatic heterocycles. The van der Waals surface area contributed by atoms with Gasteiger partial charge in [0.25, 0.3) is 0 Å². The predicted octanol–water partition coefficient (Wildman–Crippen LogP) is 4.76. The Labute approximate surface area is 159 Å². The van der Waals surface area contributed by atoms with E-state index in [1.807, 2.05) is 48.7 Å². The predicted molar refractivity (Wildman–Crippen MR) is 103 cm³/mol. The van der Waals surface area contributed by atoms with Crippen molar-refractivity contribution in [3.05, 3.63) is 57.1 Å². The molecule has 25 heavy (non-hydrogen) atoms. The first kappa shape index (κ1) is 17.8. The Morgan fingerprint density at radius 1 is 1.32 bits per heavy atom. The van der Waals surface area contributed by atoms with Gasteiger partial charge >= 0.3 is 0 Å². The van der Waals surface area contributed by atoms with Gasteiger partial charge in [0.2, 0.25) is 5.91 Å². The molecule has 0 spiro atoms. The summed E-state index contributed by atoms with van der Waals surface area (Å²) in [5.41, 5.74) is 0.874. The molecule has 2 heterocycles. The van der Waals surface area contributed by atoms with E-state index in [0.717, 1.165) is 10.4 Å². The fraction of sp³-hybridized carbons (Fsp3) is 0.235. The summed E-state index contributed by atoms with van der Waals surface area (Å²) in [7, 11) is 0. The van der Waals surface area contributed by atoms with Gasteiger partial charge in [0.15, 0.2) is 10.6 Å². The van der Waals surface area contributed by atoms with Gasteiger partial charge in [-0.05, 0) is 49.1 Å². The Balaban J connectivity index is 1.83. The van der Waals surface area contributed by atoms with Crippen LogP contribution in [0.4, 0.5) is 0 Å². The van der Waals surface area contributed by atoms with Gasteiger partial charge in [0, 0.05) is 5.02 Å². The third-order valence-corrected chi connectivity index (χ3v) is 5.44. The molecule has 8 heteroatoms. The minimum atomic E-state index is -0.506. The molecule has 130 valence electrons. The van der Waals surface area contributed by atoms with Crippen molar-refractivity contribution < 1.29 is 4.79 Å². The number of hydrogen-bond acceptors (Lipinski definition) is 4. The molecule has 0 radical (unpaired) electrons. The van der Waals surface area contributed by atoms with Crippen molar-refractivity contribution in [3.63, 3.8) is 0 Å². The average Bonchev–Trinajstić information content (AvgIpc) is 3.23. The zero-order chi connectivity index (χ0) is 18.0. The molecule has 0 aliphatic carbocycles. The second-order valence-electron chi connectivity index (χ2n) is 5.63. The van der Waals surface area contributed by atoms with E-state index in [9.17, 15) is 4.79 Å². The van der Waals surface area contributed by atoms with Crippen molar-refractivity contribution in [3.8, 4) is 10.7 Å². The number of nitrogens with one attached hydrogen (secondary N) is 2. The first-order valence-corrected chi connectivity index (χ1v) is 9.41. The number of benzene rings is 1. The molecule has 2 N–H and O–H groups in total. The summed E-state index contributed by atoms with van der Waals surface area (Å²) in [6, 6.07) is 10.6. The fourth-order valence-corrected chi connectivity index (χ4v) is 3.90. The zero-order valence-electron chi connectivity index (χ0n) is 13.7. The number of rotatable bonds is 5. The molecule has 5 nitrogen and oxygen atoms in total. The van der Waals surface area contributed by atoms with Crippen LogP contribution in [0.2, 0.25) is 5.02 Å². The number of H-pyrrole nitrogens is 1. The molecular formula is C17H17ClN4OS2. The lowest BCUT2D eigenvalue weighted by Crippen LogP contribution is -2.33. The third kappa shape index (κ3) is 3.68. The van der Waals surface area contributed by atoms with Crippen molar-refractivity contribution >= 4 is 41.1 Å². The van der Waals surface area contributed by atoms with Gasteiger partial charge in [-0.3, -0.25) is 14.5 Å². The molecule has 0 saturated carbocycles. The van der Waals surface area contributed by atoms with Gasteiger partial charge in [0.1, 0.15) is 6.04 Å². The highest BCUT2D eigenvalue weighted by molar-refractivity contribution is 7.71. The molecule has 2 atom stereocenters. The lowest BCUT2D eigenvalue weighted by molar-refractivity contribution is -0.124. The summed E-state index contributed by atoms with van der Waals surface area (Å²) in [6.07, 6.45) is 0. The number of carbonyl (C=O) groups excluding carboxylic acids is 1. The molecule has 3 aromatic rings.